The zero-order valence-corrected chi connectivity index (χ0v) is 11.3. The Morgan fingerprint density at radius 3 is 2.61 bits per heavy atom. The summed E-state index contributed by atoms with van der Waals surface area (Å²) >= 11 is 0. The number of carbonyl (C=O) groups is 1. The van der Waals surface area contributed by atoms with Crippen molar-refractivity contribution in [3.63, 3.8) is 0 Å². The molecule has 0 aliphatic heterocycles. The zero-order chi connectivity index (χ0) is 13.1. The molecule has 0 radical (unpaired) electrons. The van der Waals surface area contributed by atoms with Crippen LogP contribution in [0, 0.1) is 12.8 Å². The number of aryl methyl sites for hydroxylation is 1. The summed E-state index contributed by atoms with van der Waals surface area (Å²) in [7, 11) is 0. The van der Waals surface area contributed by atoms with Gasteiger partial charge in [-0.2, -0.15) is 0 Å². The fourth-order valence-corrected chi connectivity index (χ4v) is 2.46. The average Bonchev–Trinajstić information content (AvgIpc) is 2.26. The Labute approximate surface area is 109 Å². The molecule has 2 rings (SSSR count). The maximum absolute atomic E-state index is 12.4. The van der Waals surface area contributed by atoms with E-state index in [1.54, 1.807) is 6.07 Å². The first-order valence-corrected chi connectivity index (χ1v) is 6.76. The molecule has 1 aliphatic rings. The SMILES string of the molecule is CCN(CC1CCC1)C(=O)c1cc(C)cc(N)c1. The molecular formula is C15H22N2O. The topological polar surface area (TPSA) is 46.3 Å². The summed E-state index contributed by atoms with van der Waals surface area (Å²) in [6.07, 6.45) is 3.84. The monoisotopic (exact) mass is 246 g/mol. The second kappa shape index (κ2) is 5.42. The van der Waals surface area contributed by atoms with Crippen molar-refractivity contribution >= 4 is 11.6 Å². The number of nitrogens with two attached hydrogens (primary N) is 1. The highest BCUT2D eigenvalue weighted by Crippen LogP contribution is 2.27. The van der Waals surface area contributed by atoms with Crippen LogP contribution in [-0.2, 0) is 0 Å². The van der Waals surface area contributed by atoms with Crippen LogP contribution in [0.4, 0.5) is 5.69 Å². The van der Waals surface area contributed by atoms with Crippen LogP contribution in [0.15, 0.2) is 18.2 Å². The van der Waals surface area contributed by atoms with Gasteiger partial charge >= 0.3 is 0 Å². The second-order valence-corrected chi connectivity index (χ2v) is 5.27. The second-order valence-electron chi connectivity index (χ2n) is 5.27. The molecule has 3 heteroatoms. The largest absolute Gasteiger partial charge is 0.399 e. The number of hydrogen-bond donors (Lipinski definition) is 1. The minimum Gasteiger partial charge on any atom is -0.399 e. The number of nitrogen functional groups attached to an aromatic ring is 1. The number of anilines is 1. The molecule has 1 amide bonds. The van der Waals surface area contributed by atoms with E-state index in [1.807, 2.05) is 30.9 Å². The molecule has 0 bridgehead atoms. The van der Waals surface area contributed by atoms with E-state index in [2.05, 4.69) is 0 Å². The van der Waals surface area contributed by atoms with Crippen molar-refractivity contribution in [1.82, 2.24) is 4.90 Å². The molecule has 2 N–H and O–H groups in total. The lowest BCUT2D eigenvalue weighted by molar-refractivity contribution is 0.0706. The average molecular weight is 246 g/mol. The quantitative estimate of drug-likeness (QED) is 0.830. The predicted octanol–water partition coefficient (Wildman–Crippen LogP) is 2.84. The van der Waals surface area contributed by atoms with Gasteiger partial charge in [-0.05, 0) is 56.4 Å². The standard InChI is InChI=1S/C15H22N2O/c1-3-17(10-12-5-4-6-12)15(18)13-7-11(2)8-14(16)9-13/h7-9,12H,3-6,10,16H2,1-2H3. The molecule has 1 aliphatic carbocycles. The molecule has 98 valence electrons. The van der Waals surface area contributed by atoms with Crippen molar-refractivity contribution in [3.8, 4) is 0 Å². The van der Waals surface area contributed by atoms with Gasteiger partial charge in [0.05, 0.1) is 0 Å². The molecule has 0 spiro atoms. The van der Waals surface area contributed by atoms with E-state index in [4.69, 9.17) is 5.73 Å². The minimum absolute atomic E-state index is 0.111. The molecule has 0 unspecified atom stereocenters. The Hall–Kier alpha value is -1.51. The Morgan fingerprint density at radius 2 is 2.11 bits per heavy atom. The number of benzene rings is 1. The Balaban J connectivity index is 2.11. The number of carbonyl (C=O) groups excluding carboxylic acids is 1. The Morgan fingerprint density at radius 1 is 1.39 bits per heavy atom. The lowest BCUT2D eigenvalue weighted by Gasteiger charge is -2.32. The van der Waals surface area contributed by atoms with E-state index < -0.39 is 0 Å². The van der Waals surface area contributed by atoms with Crippen LogP contribution >= 0.6 is 0 Å². The van der Waals surface area contributed by atoms with Gasteiger partial charge in [-0.1, -0.05) is 6.42 Å². The molecule has 0 saturated heterocycles. The maximum Gasteiger partial charge on any atom is 0.253 e. The Bertz CT molecular complexity index is 418. The number of nitrogens with zero attached hydrogens (tertiary/aromatic N) is 1. The third-order valence-corrected chi connectivity index (χ3v) is 3.72. The van der Waals surface area contributed by atoms with E-state index in [-0.39, 0.29) is 5.91 Å². The van der Waals surface area contributed by atoms with Crippen LogP contribution < -0.4 is 5.73 Å². The van der Waals surface area contributed by atoms with Gasteiger partial charge in [0.15, 0.2) is 0 Å². The molecule has 18 heavy (non-hydrogen) atoms. The van der Waals surface area contributed by atoms with Crippen molar-refractivity contribution < 1.29 is 4.79 Å². The fourth-order valence-electron chi connectivity index (χ4n) is 2.46. The predicted molar refractivity (Wildman–Crippen MR) is 74.5 cm³/mol. The van der Waals surface area contributed by atoms with Crippen molar-refractivity contribution in [2.24, 2.45) is 5.92 Å². The van der Waals surface area contributed by atoms with E-state index in [0.717, 1.165) is 18.7 Å². The molecule has 1 saturated carbocycles. The maximum atomic E-state index is 12.4. The van der Waals surface area contributed by atoms with E-state index in [0.29, 0.717) is 17.2 Å². The number of rotatable bonds is 4. The first-order chi connectivity index (χ1) is 8.60. The van der Waals surface area contributed by atoms with Crippen LogP contribution in [0.2, 0.25) is 0 Å². The lowest BCUT2D eigenvalue weighted by Crippen LogP contribution is -2.37. The molecule has 1 aromatic rings. The molecule has 0 atom stereocenters. The summed E-state index contributed by atoms with van der Waals surface area (Å²) in [5.74, 6) is 0.816. The number of amides is 1. The van der Waals surface area contributed by atoms with Crippen molar-refractivity contribution in [2.75, 3.05) is 18.8 Å². The van der Waals surface area contributed by atoms with Gasteiger partial charge in [0, 0.05) is 24.3 Å². The van der Waals surface area contributed by atoms with Crippen LogP contribution in [0.1, 0.15) is 42.1 Å². The summed E-state index contributed by atoms with van der Waals surface area (Å²) in [5, 5.41) is 0. The van der Waals surface area contributed by atoms with Gasteiger partial charge < -0.3 is 10.6 Å². The molecule has 1 fully saturated rings. The summed E-state index contributed by atoms with van der Waals surface area (Å²) < 4.78 is 0. The van der Waals surface area contributed by atoms with Gasteiger partial charge in [0.1, 0.15) is 0 Å². The van der Waals surface area contributed by atoms with Crippen LogP contribution in [0.25, 0.3) is 0 Å². The van der Waals surface area contributed by atoms with Crippen molar-refractivity contribution in [3.05, 3.63) is 29.3 Å². The smallest absolute Gasteiger partial charge is 0.253 e. The zero-order valence-electron chi connectivity index (χ0n) is 11.3. The summed E-state index contributed by atoms with van der Waals surface area (Å²) in [6, 6.07) is 5.58. The van der Waals surface area contributed by atoms with E-state index in [1.165, 1.54) is 19.3 Å². The van der Waals surface area contributed by atoms with Crippen molar-refractivity contribution in [1.29, 1.82) is 0 Å². The molecule has 3 nitrogen and oxygen atoms in total. The molecular weight excluding hydrogens is 224 g/mol. The van der Waals surface area contributed by atoms with E-state index >= 15 is 0 Å². The van der Waals surface area contributed by atoms with Crippen LogP contribution in [0.3, 0.4) is 0 Å². The van der Waals surface area contributed by atoms with Crippen LogP contribution in [0.5, 0.6) is 0 Å². The normalized spacial score (nSPS) is 15.2. The van der Waals surface area contributed by atoms with Gasteiger partial charge in [0.25, 0.3) is 5.91 Å². The third kappa shape index (κ3) is 2.84. The highest BCUT2D eigenvalue weighted by Gasteiger charge is 2.23. The minimum atomic E-state index is 0.111. The van der Waals surface area contributed by atoms with Gasteiger partial charge in [-0.25, -0.2) is 0 Å². The number of hydrogen-bond acceptors (Lipinski definition) is 2. The lowest BCUT2D eigenvalue weighted by atomic mass is 9.85. The first-order valence-electron chi connectivity index (χ1n) is 6.76. The molecule has 0 heterocycles. The molecule has 1 aromatic carbocycles. The van der Waals surface area contributed by atoms with Gasteiger partial charge in [-0.3, -0.25) is 4.79 Å². The van der Waals surface area contributed by atoms with Gasteiger partial charge in [-0.15, -0.1) is 0 Å². The van der Waals surface area contributed by atoms with Gasteiger partial charge in [0.2, 0.25) is 0 Å². The van der Waals surface area contributed by atoms with Crippen molar-refractivity contribution in [2.45, 2.75) is 33.1 Å². The summed E-state index contributed by atoms with van der Waals surface area (Å²) in [6.45, 7) is 5.66. The highest BCUT2D eigenvalue weighted by molar-refractivity contribution is 5.95. The molecule has 0 aromatic heterocycles. The van der Waals surface area contributed by atoms with Crippen LogP contribution in [-0.4, -0.2) is 23.9 Å². The summed E-state index contributed by atoms with van der Waals surface area (Å²) in [4.78, 5) is 14.4. The first kappa shape index (κ1) is 12.9. The third-order valence-electron chi connectivity index (χ3n) is 3.72. The highest BCUT2D eigenvalue weighted by atomic mass is 16.2. The van der Waals surface area contributed by atoms with E-state index in [9.17, 15) is 4.79 Å². The Kier molecular flexibility index (Phi) is 3.90. The summed E-state index contributed by atoms with van der Waals surface area (Å²) in [5.41, 5.74) is 8.23. The fraction of sp³-hybridized carbons (Fsp3) is 0.533.